The molecule has 1 heterocycles. The molecule has 2 N–H and O–H groups in total. The molecule has 1 saturated heterocycles. The van der Waals surface area contributed by atoms with E-state index < -0.39 is 0 Å². The molecular weight excluding hydrogens is 268 g/mol. The SMILES string of the molecule is Cc1ccccc1C1(CN)CCN(Cc2ccccc2)CC1. The molecule has 0 aromatic heterocycles. The van der Waals surface area contributed by atoms with Gasteiger partial charge in [0, 0.05) is 18.5 Å². The third-order valence-corrected chi connectivity index (χ3v) is 5.17. The van der Waals surface area contributed by atoms with Crippen molar-refractivity contribution in [2.75, 3.05) is 19.6 Å². The first-order valence-electron chi connectivity index (χ1n) is 8.26. The molecule has 3 rings (SSSR count). The molecule has 0 bridgehead atoms. The molecule has 1 fully saturated rings. The summed E-state index contributed by atoms with van der Waals surface area (Å²) in [6.07, 6.45) is 2.31. The summed E-state index contributed by atoms with van der Waals surface area (Å²) in [5, 5.41) is 0. The lowest BCUT2D eigenvalue weighted by Crippen LogP contribution is -2.46. The van der Waals surface area contributed by atoms with Crippen LogP contribution < -0.4 is 5.73 Å². The average Bonchev–Trinajstić information content (AvgIpc) is 2.57. The molecule has 0 aliphatic carbocycles. The zero-order chi connectivity index (χ0) is 15.4. The number of rotatable bonds is 4. The van der Waals surface area contributed by atoms with E-state index in [1.165, 1.54) is 16.7 Å². The average molecular weight is 294 g/mol. The maximum absolute atomic E-state index is 6.22. The quantitative estimate of drug-likeness (QED) is 0.935. The Kier molecular flexibility index (Phi) is 4.60. The Bertz CT molecular complexity index is 598. The molecule has 22 heavy (non-hydrogen) atoms. The van der Waals surface area contributed by atoms with Crippen molar-refractivity contribution in [1.29, 1.82) is 0 Å². The smallest absolute Gasteiger partial charge is 0.0233 e. The van der Waals surface area contributed by atoms with Crippen LogP contribution in [0.25, 0.3) is 0 Å². The summed E-state index contributed by atoms with van der Waals surface area (Å²) >= 11 is 0. The van der Waals surface area contributed by atoms with E-state index >= 15 is 0 Å². The molecule has 1 aliphatic heterocycles. The first-order chi connectivity index (χ1) is 10.7. The fraction of sp³-hybridized carbons (Fsp3) is 0.400. The van der Waals surface area contributed by atoms with Gasteiger partial charge in [-0.1, -0.05) is 54.6 Å². The van der Waals surface area contributed by atoms with Crippen molar-refractivity contribution in [3.63, 3.8) is 0 Å². The number of nitrogens with zero attached hydrogens (tertiary/aromatic N) is 1. The maximum atomic E-state index is 6.22. The summed E-state index contributed by atoms with van der Waals surface area (Å²) in [5.74, 6) is 0. The fourth-order valence-corrected chi connectivity index (χ4v) is 3.73. The van der Waals surface area contributed by atoms with Crippen molar-refractivity contribution in [1.82, 2.24) is 4.90 Å². The molecule has 2 aromatic carbocycles. The normalized spacial score (nSPS) is 18.3. The van der Waals surface area contributed by atoms with E-state index in [0.29, 0.717) is 0 Å². The van der Waals surface area contributed by atoms with E-state index in [-0.39, 0.29) is 5.41 Å². The van der Waals surface area contributed by atoms with E-state index in [9.17, 15) is 0 Å². The Hall–Kier alpha value is -1.64. The number of aryl methyl sites for hydroxylation is 1. The van der Waals surface area contributed by atoms with Crippen molar-refractivity contribution in [3.05, 3.63) is 71.3 Å². The van der Waals surface area contributed by atoms with Gasteiger partial charge in [-0.25, -0.2) is 0 Å². The topological polar surface area (TPSA) is 29.3 Å². The van der Waals surface area contributed by atoms with Crippen LogP contribution in [0.2, 0.25) is 0 Å². The largest absolute Gasteiger partial charge is 0.330 e. The minimum Gasteiger partial charge on any atom is -0.330 e. The van der Waals surface area contributed by atoms with Crippen LogP contribution in [-0.2, 0) is 12.0 Å². The molecule has 2 nitrogen and oxygen atoms in total. The van der Waals surface area contributed by atoms with Crippen LogP contribution in [0.1, 0.15) is 29.5 Å². The molecule has 0 radical (unpaired) electrons. The summed E-state index contributed by atoms with van der Waals surface area (Å²) in [6.45, 7) is 6.26. The molecule has 2 heteroatoms. The van der Waals surface area contributed by atoms with E-state index in [4.69, 9.17) is 5.73 Å². The highest BCUT2D eigenvalue weighted by atomic mass is 15.1. The predicted molar refractivity (Wildman–Crippen MR) is 92.9 cm³/mol. The first kappa shape index (κ1) is 15.3. The molecule has 0 amide bonds. The predicted octanol–water partition coefficient (Wildman–Crippen LogP) is 3.49. The van der Waals surface area contributed by atoms with Gasteiger partial charge in [-0.2, -0.15) is 0 Å². The van der Waals surface area contributed by atoms with Crippen molar-refractivity contribution in [2.24, 2.45) is 5.73 Å². The van der Waals surface area contributed by atoms with Gasteiger partial charge < -0.3 is 5.73 Å². The Morgan fingerprint density at radius 3 is 2.23 bits per heavy atom. The molecular formula is C20H26N2. The van der Waals surface area contributed by atoms with Crippen LogP contribution in [0.3, 0.4) is 0 Å². The van der Waals surface area contributed by atoms with E-state index in [1.807, 2.05) is 0 Å². The van der Waals surface area contributed by atoms with Crippen molar-refractivity contribution in [3.8, 4) is 0 Å². The van der Waals surface area contributed by atoms with Gasteiger partial charge in [0.15, 0.2) is 0 Å². The summed E-state index contributed by atoms with van der Waals surface area (Å²) in [5.41, 5.74) is 10.6. The molecule has 0 spiro atoms. The third kappa shape index (κ3) is 3.08. The van der Waals surface area contributed by atoms with Crippen LogP contribution in [-0.4, -0.2) is 24.5 Å². The van der Waals surface area contributed by atoms with Gasteiger partial charge >= 0.3 is 0 Å². The second-order valence-electron chi connectivity index (χ2n) is 6.56. The molecule has 1 aliphatic rings. The van der Waals surface area contributed by atoms with Gasteiger partial charge in [0.25, 0.3) is 0 Å². The molecule has 2 aromatic rings. The van der Waals surface area contributed by atoms with E-state index in [1.54, 1.807) is 0 Å². The van der Waals surface area contributed by atoms with Crippen LogP contribution in [0, 0.1) is 6.92 Å². The van der Waals surface area contributed by atoms with Crippen molar-refractivity contribution in [2.45, 2.75) is 31.7 Å². The Balaban J connectivity index is 1.70. The zero-order valence-electron chi connectivity index (χ0n) is 13.5. The van der Waals surface area contributed by atoms with Gasteiger partial charge in [-0.3, -0.25) is 4.90 Å². The van der Waals surface area contributed by atoms with Crippen molar-refractivity contribution >= 4 is 0 Å². The van der Waals surface area contributed by atoms with Crippen LogP contribution in [0.4, 0.5) is 0 Å². The minimum atomic E-state index is 0.165. The second-order valence-corrected chi connectivity index (χ2v) is 6.56. The summed E-state index contributed by atoms with van der Waals surface area (Å²) < 4.78 is 0. The Labute approximate surface area is 134 Å². The van der Waals surface area contributed by atoms with Gasteiger partial charge in [-0.15, -0.1) is 0 Å². The Morgan fingerprint density at radius 1 is 0.955 bits per heavy atom. The lowest BCUT2D eigenvalue weighted by atomic mass is 9.71. The standard InChI is InChI=1S/C20H26N2/c1-17-7-5-6-10-19(17)20(16-21)11-13-22(14-12-20)15-18-8-3-2-4-9-18/h2-10H,11-16,21H2,1H3. The van der Waals surface area contributed by atoms with E-state index in [2.05, 4.69) is 66.4 Å². The van der Waals surface area contributed by atoms with Crippen molar-refractivity contribution < 1.29 is 0 Å². The zero-order valence-corrected chi connectivity index (χ0v) is 13.5. The van der Waals surface area contributed by atoms with Gasteiger partial charge in [0.05, 0.1) is 0 Å². The monoisotopic (exact) mass is 294 g/mol. The highest BCUT2D eigenvalue weighted by molar-refractivity contribution is 5.34. The summed E-state index contributed by atoms with van der Waals surface area (Å²) in [6, 6.07) is 19.5. The highest BCUT2D eigenvalue weighted by Gasteiger charge is 2.35. The number of benzene rings is 2. The lowest BCUT2D eigenvalue weighted by molar-refractivity contribution is 0.155. The summed E-state index contributed by atoms with van der Waals surface area (Å²) in [4.78, 5) is 2.56. The molecule has 0 atom stereocenters. The molecule has 0 saturated carbocycles. The number of nitrogens with two attached hydrogens (primary N) is 1. The van der Waals surface area contributed by atoms with Gasteiger partial charge in [0.2, 0.25) is 0 Å². The third-order valence-electron chi connectivity index (χ3n) is 5.17. The minimum absolute atomic E-state index is 0.165. The number of hydrogen-bond acceptors (Lipinski definition) is 2. The van der Waals surface area contributed by atoms with Crippen LogP contribution in [0.15, 0.2) is 54.6 Å². The van der Waals surface area contributed by atoms with Crippen LogP contribution >= 0.6 is 0 Å². The lowest BCUT2D eigenvalue weighted by Gasteiger charge is -2.42. The highest BCUT2D eigenvalue weighted by Crippen LogP contribution is 2.36. The number of likely N-dealkylation sites (tertiary alicyclic amines) is 1. The van der Waals surface area contributed by atoms with E-state index in [0.717, 1.165) is 39.0 Å². The fourth-order valence-electron chi connectivity index (χ4n) is 3.73. The number of piperidine rings is 1. The molecule has 116 valence electrons. The second kappa shape index (κ2) is 6.64. The van der Waals surface area contributed by atoms with Crippen LogP contribution in [0.5, 0.6) is 0 Å². The molecule has 0 unspecified atom stereocenters. The maximum Gasteiger partial charge on any atom is 0.0233 e. The van der Waals surface area contributed by atoms with Gasteiger partial charge in [0.1, 0.15) is 0 Å². The van der Waals surface area contributed by atoms with Gasteiger partial charge in [-0.05, 0) is 49.5 Å². The number of hydrogen-bond donors (Lipinski definition) is 1. The summed E-state index contributed by atoms with van der Waals surface area (Å²) in [7, 11) is 0. The Morgan fingerprint density at radius 2 is 1.59 bits per heavy atom. The first-order valence-corrected chi connectivity index (χ1v) is 8.26.